The van der Waals surface area contributed by atoms with E-state index in [1.807, 2.05) is 147 Å². The maximum atomic E-state index is 13.7. The highest BCUT2D eigenvalue weighted by Crippen LogP contribution is 2.35. The SMILES string of the molecule is COc1cc(OC)c(O)c(Pc2ccc(F)cc2CNC(C)(C)C)c1.COc1ccc(O)c(Pc2ccc(C)cc2CNC(C)(C)C)c1.Cc1cc(C)c(O)c(Pc2ccccc2CNc2ccccc2)c1.Cc1ccc(O)c(Pc2ccccc2CNc2ccccc2)c1.Cc1cccc(Pc2ccccc2CNc2ccccc2)c1O.Oc1ccccc1Pc1ccccc1CNc1ccccc1. The normalized spacial score (nSPS) is 11.3. The van der Waals surface area contributed by atoms with Crippen molar-refractivity contribution < 1.29 is 49.2 Å². The fraction of sp³-hybridized carbons (Fsp3) is 0.186. The molecular formula is C118H131FN6O9P6. The van der Waals surface area contributed by atoms with Crippen LogP contribution in [-0.4, -0.2) is 63.0 Å². The van der Waals surface area contributed by atoms with Gasteiger partial charge in [0.1, 0.15) is 46.1 Å². The summed E-state index contributed by atoms with van der Waals surface area (Å²) < 4.78 is 29.5. The average molecular weight is 1980 g/mol. The molecule has 0 radical (unpaired) electrons. The molecule has 22 heteroatoms. The van der Waals surface area contributed by atoms with Crippen LogP contribution in [-0.2, 0) is 39.3 Å². The summed E-state index contributed by atoms with van der Waals surface area (Å²) in [7, 11) is 7.04. The minimum atomic E-state index is -0.272. The first-order valence-corrected chi connectivity index (χ1v) is 52.4. The fourth-order valence-corrected chi connectivity index (χ4v) is 22.1. The Kier molecular flexibility index (Phi) is 42.2. The van der Waals surface area contributed by atoms with Gasteiger partial charge in [-0.15, -0.1) is 0 Å². The Bertz CT molecular complexity index is 6530. The van der Waals surface area contributed by atoms with Gasteiger partial charge in [-0.2, -0.15) is 0 Å². The van der Waals surface area contributed by atoms with E-state index in [0.29, 0.717) is 95.0 Å². The van der Waals surface area contributed by atoms with Crippen LogP contribution < -0.4 is 110 Å². The number of halogens is 1. The number of methoxy groups -OCH3 is 3. The second kappa shape index (κ2) is 54.8. The molecule has 0 bridgehead atoms. The molecule has 16 aromatic rings. The van der Waals surface area contributed by atoms with Gasteiger partial charge in [-0.25, -0.2) is 4.39 Å². The van der Waals surface area contributed by atoms with E-state index < -0.39 is 0 Å². The number of hydrogen-bond acceptors (Lipinski definition) is 15. The zero-order valence-electron chi connectivity index (χ0n) is 82.1. The zero-order valence-corrected chi connectivity index (χ0v) is 88.1. The van der Waals surface area contributed by atoms with Crippen molar-refractivity contribution in [1.82, 2.24) is 10.6 Å². The van der Waals surface area contributed by atoms with Crippen LogP contribution in [0, 0.1) is 40.4 Å². The summed E-state index contributed by atoms with van der Waals surface area (Å²) in [4.78, 5) is 0. The van der Waals surface area contributed by atoms with Gasteiger partial charge >= 0.3 is 0 Å². The smallest absolute Gasteiger partial charge is 0.165 e. The first-order valence-electron chi connectivity index (χ1n) is 46.4. The summed E-state index contributed by atoms with van der Waals surface area (Å²) in [5.41, 5.74) is 17.1. The topological polar surface area (TPSA) is 221 Å². The molecule has 0 fully saturated rings. The molecule has 0 heterocycles. The van der Waals surface area contributed by atoms with E-state index in [2.05, 4.69) is 264 Å². The molecular weight excluding hydrogens is 1850 g/mol. The van der Waals surface area contributed by atoms with Gasteiger partial charge < -0.3 is 76.8 Å². The number of phenolic OH excluding ortho intramolecular Hbond substituents is 6. The fourth-order valence-electron chi connectivity index (χ4n) is 14.4. The van der Waals surface area contributed by atoms with E-state index in [1.165, 1.54) is 90.3 Å². The van der Waals surface area contributed by atoms with Crippen molar-refractivity contribution in [2.24, 2.45) is 0 Å². The first-order chi connectivity index (χ1) is 67.4. The third-order valence-electron chi connectivity index (χ3n) is 22.1. The molecule has 6 atom stereocenters. The highest BCUT2D eigenvalue weighted by atomic mass is 31.1. The summed E-state index contributed by atoms with van der Waals surface area (Å²) in [5, 5.41) is 94.8. The van der Waals surface area contributed by atoms with Crippen molar-refractivity contribution in [3.05, 3.63) is 425 Å². The number of rotatable bonds is 31. The van der Waals surface area contributed by atoms with Gasteiger partial charge in [0.15, 0.2) is 11.5 Å². The van der Waals surface area contributed by atoms with Crippen molar-refractivity contribution in [2.45, 2.75) is 127 Å². The van der Waals surface area contributed by atoms with Crippen molar-refractivity contribution in [2.75, 3.05) is 42.6 Å². The van der Waals surface area contributed by atoms with E-state index in [0.717, 1.165) is 110 Å². The van der Waals surface area contributed by atoms with E-state index in [4.69, 9.17) is 14.2 Å². The summed E-state index contributed by atoms with van der Waals surface area (Å²) in [6.07, 6.45) is 0. The van der Waals surface area contributed by atoms with Gasteiger partial charge in [0.25, 0.3) is 0 Å². The van der Waals surface area contributed by atoms with Gasteiger partial charge in [-0.1, -0.05) is 305 Å². The molecule has 16 aromatic carbocycles. The third kappa shape index (κ3) is 35.3. The Morgan fingerprint density at radius 1 is 0.243 bits per heavy atom. The van der Waals surface area contributed by atoms with Crippen LogP contribution in [0.1, 0.15) is 103 Å². The number of aryl methyl sites for hydroxylation is 5. The molecule has 16 rings (SSSR count). The van der Waals surface area contributed by atoms with Crippen LogP contribution >= 0.6 is 51.5 Å². The molecule has 0 aliphatic rings. The second-order valence-electron chi connectivity index (χ2n) is 35.5. The summed E-state index contributed by atoms with van der Waals surface area (Å²) in [5.74, 6) is 3.44. The summed E-state index contributed by atoms with van der Waals surface area (Å²) >= 11 is 0. The van der Waals surface area contributed by atoms with Crippen LogP contribution in [0.3, 0.4) is 0 Å². The Morgan fingerprint density at radius 2 is 0.571 bits per heavy atom. The largest absolute Gasteiger partial charge is 0.507 e. The van der Waals surface area contributed by atoms with Crippen molar-refractivity contribution >= 4 is 138 Å². The predicted octanol–water partition coefficient (Wildman–Crippen LogP) is 22.1. The van der Waals surface area contributed by atoms with E-state index in [1.54, 1.807) is 56.7 Å². The van der Waals surface area contributed by atoms with E-state index in [9.17, 15) is 35.0 Å². The first kappa shape index (κ1) is 108. The highest BCUT2D eigenvalue weighted by molar-refractivity contribution is 7.57. The predicted molar refractivity (Wildman–Crippen MR) is 604 cm³/mol. The van der Waals surface area contributed by atoms with Gasteiger partial charge in [0.2, 0.25) is 0 Å². The van der Waals surface area contributed by atoms with Crippen molar-refractivity contribution in [3.63, 3.8) is 0 Å². The summed E-state index contributed by atoms with van der Waals surface area (Å²) in [6, 6.07) is 118. The van der Waals surface area contributed by atoms with Crippen LogP contribution in [0.4, 0.5) is 27.1 Å². The van der Waals surface area contributed by atoms with E-state index in [-0.39, 0.29) is 31.2 Å². The Labute approximate surface area is 837 Å². The number of phenols is 6. The van der Waals surface area contributed by atoms with Gasteiger partial charge in [-0.05, 0) is 267 Å². The number of aromatic hydroxyl groups is 6. The maximum absolute atomic E-state index is 13.7. The molecule has 15 nitrogen and oxygen atoms in total. The Hall–Kier alpha value is -12.7. The molecule has 0 amide bonds. The summed E-state index contributed by atoms with van der Waals surface area (Å²) in [6.45, 7) is 27.3. The average Bonchev–Trinajstić information content (AvgIpc) is 0.818. The molecule has 724 valence electrons. The molecule has 6 unspecified atom stereocenters. The lowest BCUT2D eigenvalue weighted by Gasteiger charge is -2.22. The zero-order chi connectivity index (χ0) is 99.9. The molecule has 140 heavy (non-hydrogen) atoms. The number of benzene rings is 16. The lowest BCUT2D eigenvalue weighted by molar-refractivity contribution is 0.366. The van der Waals surface area contributed by atoms with Gasteiger partial charge in [0.05, 0.1) is 21.3 Å². The Balaban J connectivity index is 0.000000161. The van der Waals surface area contributed by atoms with Gasteiger partial charge in [0, 0.05) is 111 Å². The van der Waals surface area contributed by atoms with Gasteiger partial charge in [-0.3, -0.25) is 0 Å². The lowest BCUT2D eigenvalue weighted by atomic mass is 10.1. The molecule has 0 spiro atoms. The van der Waals surface area contributed by atoms with Crippen LogP contribution in [0.2, 0.25) is 0 Å². The highest BCUT2D eigenvalue weighted by Gasteiger charge is 2.20. The minimum Gasteiger partial charge on any atom is -0.507 e. The number of hydrogen-bond donors (Lipinski definition) is 12. The van der Waals surface area contributed by atoms with E-state index >= 15 is 0 Å². The molecule has 0 aliphatic heterocycles. The maximum Gasteiger partial charge on any atom is 0.165 e. The van der Waals surface area contributed by atoms with Crippen molar-refractivity contribution in [3.8, 4) is 51.7 Å². The Morgan fingerprint density at radius 3 is 1.01 bits per heavy atom. The molecule has 0 saturated carbocycles. The molecule has 0 aromatic heterocycles. The quantitative estimate of drug-likeness (QED) is 0.0182. The van der Waals surface area contributed by atoms with Crippen LogP contribution in [0.25, 0.3) is 0 Å². The molecule has 12 N–H and O–H groups in total. The van der Waals surface area contributed by atoms with Crippen molar-refractivity contribution in [1.29, 1.82) is 0 Å². The standard InChI is InChI=1S/C21H22NOP.2C20H20NOP.C19H25FNO3P.C19H26NO2P.C19H18NOP/c1-15-12-16(2)21(23)20(13-15)24-19-11-7-6-8-17(19)14-22-18-9-4-3-5-10-18;1-15-8-7-13-19(20(15)22)23-18-12-6-5-9-16(18)14-21-17-10-3-2-4-11-17;1-15-11-12-18(22)20(13-15)23-19-10-6-5-7-16(19)14-21-17-8-3-2-4-9-17;1-19(2,3)21-11-12-8-13(20)6-7-16(12)25-17-10-14(23-4)9-15(24-5)18(17)22;1-13-6-9-17(14(10-13)12-20-19(2,3)4)23-18-11-15(22-5)7-8-16(18)21;21-17-11-5-7-13-19(17)22-18-12-6-4-8-15(18)14-20-16-9-2-1-3-10-16/h3-13,22-24H,14H2,1-2H3;2*2-13,21-23H,14H2,1H3;6-10,21-22,25H,11H2,1-5H3;6-11,20-21,23H,12H2,1-5H3;1-13,20-22H,14H2. The molecule has 0 aliphatic carbocycles. The lowest BCUT2D eigenvalue weighted by Crippen LogP contribution is -2.36. The second-order valence-corrected chi connectivity index (χ2v) is 43.5. The number of ether oxygens (including phenoxy) is 3. The molecule has 0 saturated heterocycles. The number of nitrogens with one attached hydrogen (secondary N) is 6. The number of anilines is 4. The monoisotopic (exact) mass is 1980 g/mol. The van der Waals surface area contributed by atoms with Crippen LogP contribution in [0.5, 0.6) is 51.7 Å². The number of para-hydroxylation sites is 6. The third-order valence-corrected chi connectivity index (χ3v) is 30.7. The van der Waals surface area contributed by atoms with Crippen LogP contribution in [0.15, 0.2) is 358 Å². The minimum absolute atomic E-state index is 0.0717.